The summed E-state index contributed by atoms with van der Waals surface area (Å²) < 4.78 is 18.3. The minimum Gasteiger partial charge on any atom is -0.482 e. The standard InChI is InChI=1S/C11H12FNO2.ClH/c12-8-2-4-10-7(5-8)1-3-11(15-10)9(14)6-13;/h2,4-5,11H,1,3,6,13H2;1H. The lowest BCUT2D eigenvalue weighted by molar-refractivity contribution is -0.125. The maximum atomic E-state index is 12.9. The molecule has 16 heavy (non-hydrogen) atoms. The molecule has 0 saturated carbocycles. The fourth-order valence-corrected chi connectivity index (χ4v) is 1.72. The first-order valence-corrected chi connectivity index (χ1v) is 4.88. The minimum atomic E-state index is -0.465. The Bertz CT molecular complexity index is 398. The molecule has 1 aliphatic heterocycles. The average Bonchev–Trinajstić information content (AvgIpc) is 2.27. The molecule has 0 fully saturated rings. The molecule has 1 unspecified atom stereocenters. The number of hydrogen-bond acceptors (Lipinski definition) is 3. The molecule has 0 bridgehead atoms. The molecule has 0 spiro atoms. The molecule has 2 rings (SSSR count). The summed E-state index contributed by atoms with van der Waals surface area (Å²) in [5, 5.41) is 0. The fourth-order valence-electron chi connectivity index (χ4n) is 1.72. The quantitative estimate of drug-likeness (QED) is 0.859. The molecule has 3 nitrogen and oxygen atoms in total. The fraction of sp³-hybridized carbons (Fsp3) is 0.364. The van der Waals surface area contributed by atoms with Gasteiger partial charge in [-0.05, 0) is 36.6 Å². The largest absolute Gasteiger partial charge is 0.482 e. The molecular weight excluding hydrogens is 233 g/mol. The number of halogens is 2. The molecule has 0 radical (unpaired) electrons. The van der Waals surface area contributed by atoms with Crippen molar-refractivity contribution < 1.29 is 13.9 Å². The number of ketones is 1. The molecule has 1 atom stereocenters. The van der Waals surface area contributed by atoms with E-state index in [0.29, 0.717) is 18.6 Å². The van der Waals surface area contributed by atoms with Crippen LogP contribution in [0.2, 0.25) is 0 Å². The second kappa shape index (κ2) is 5.27. The van der Waals surface area contributed by atoms with Crippen LogP contribution in [0.3, 0.4) is 0 Å². The summed E-state index contributed by atoms with van der Waals surface area (Å²) in [7, 11) is 0. The van der Waals surface area contributed by atoms with E-state index in [0.717, 1.165) is 5.56 Å². The van der Waals surface area contributed by atoms with E-state index >= 15 is 0 Å². The Morgan fingerprint density at radius 3 is 3.00 bits per heavy atom. The number of carbonyl (C=O) groups excluding carboxylic acids is 1. The average molecular weight is 246 g/mol. The molecule has 0 amide bonds. The van der Waals surface area contributed by atoms with Gasteiger partial charge in [-0.1, -0.05) is 0 Å². The van der Waals surface area contributed by atoms with Gasteiger partial charge in [0.2, 0.25) is 0 Å². The smallest absolute Gasteiger partial charge is 0.186 e. The van der Waals surface area contributed by atoms with Gasteiger partial charge in [-0.3, -0.25) is 4.79 Å². The Morgan fingerprint density at radius 2 is 2.31 bits per heavy atom. The zero-order chi connectivity index (χ0) is 10.8. The lowest BCUT2D eigenvalue weighted by Crippen LogP contribution is -2.35. The summed E-state index contributed by atoms with van der Waals surface area (Å²) in [5.74, 6) is 0.209. The first kappa shape index (κ1) is 12.9. The van der Waals surface area contributed by atoms with E-state index in [2.05, 4.69) is 0 Å². The van der Waals surface area contributed by atoms with Crippen molar-refractivity contribution in [3.05, 3.63) is 29.6 Å². The van der Waals surface area contributed by atoms with Gasteiger partial charge in [0.15, 0.2) is 11.9 Å². The highest BCUT2D eigenvalue weighted by atomic mass is 35.5. The molecule has 0 saturated heterocycles. The number of benzene rings is 1. The Morgan fingerprint density at radius 1 is 1.56 bits per heavy atom. The number of hydrogen-bond donors (Lipinski definition) is 1. The predicted octanol–water partition coefficient (Wildman–Crippen LogP) is 1.47. The molecule has 5 heteroatoms. The van der Waals surface area contributed by atoms with E-state index in [-0.39, 0.29) is 30.6 Å². The normalized spacial score (nSPS) is 18.0. The summed E-state index contributed by atoms with van der Waals surface area (Å²) in [5.41, 5.74) is 6.07. The van der Waals surface area contributed by atoms with Gasteiger partial charge in [0, 0.05) is 0 Å². The zero-order valence-corrected chi connectivity index (χ0v) is 9.43. The van der Waals surface area contributed by atoms with Crippen molar-refractivity contribution in [1.29, 1.82) is 0 Å². The Balaban J connectivity index is 0.00000128. The molecular formula is C11H13ClFNO2. The lowest BCUT2D eigenvalue weighted by Gasteiger charge is -2.24. The number of carbonyl (C=O) groups is 1. The van der Waals surface area contributed by atoms with Crippen LogP contribution in [0.5, 0.6) is 5.75 Å². The van der Waals surface area contributed by atoms with Crippen LogP contribution in [-0.2, 0) is 11.2 Å². The van der Waals surface area contributed by atoms with Crippen LogP contribution in [-0.4, -0.2) is 18.4 Å². The first-order chi connectivity index (χ1) is 7.20. The Kier molecular flexibility index (Phi) is 4.26. The van der Waals surface area contributed by atoms with E-state index in [1.165, 1.54) is 12.1 Å². The monoisotopic (exact) mass is 245 g/mol. The van der Waals surface area contributed by atoms with Crippen molar-refractivity contribution in [2.75, 3.05) is 6.54 Å². The van der Waals surface area contributed by atoms with Crippen LogP contribution in [0.15, 0.2) is 18.2 Å². The van der Waals surface area contributed by atoms with Gasteiger partial charge >= 0.3 is 0 Å². The SMILES string of the molecule is Cl.NCC(=O)C1CCc2cc(F)ccc2O1. The second-order valence-corrected chi connectivity index (χ2v) is 3.57. The van der Waals surface area contributed by atoms with Gasteiger partial charge in [0.25, 0.3) is 0 Å². The third-order valence-corrected chi connectivity index (χ3v) is 2.53. The molecule has 88 valence electrons. The Labute approximate surface area is 99.2 Å². The van der Waals surface area contributed by atoms with Gasteiger partial charge < -0.3 is 10.5 Å². The van der Waals surface area contributed by atoms with E-state index < -0.39 is 6.10 Å². The first-order valence-electron chi connectivity index (χ1n) is 4.88. The molecule has 0 aromatic heterocycles. The van der Waals surface area contributed by atoms with Crippen LogP contribution in [0.1, 0.15) is 12.0 Å². The predicted molar refractivity (Wildman–Crippen MR) is 60.4 cm³/mol. The van der Waals surface area contributed by atoms with Crippen LogP contribution < -0.4 is 10.5 Å². The molecule has 0 aliphatic carbocycles. The third-order valence-electron chi connectivity index (χ3n) is 2.53. The highest BCUT2D eigenvalue weighted by Crippen LogP contribution is 2.28. The summed E-state index contributed by atoms with van der Waals surface area (Å²) >= 11 is 0. The number of aryl methyl sites for hydroxylation is 1. The number of ether oxygens (including phenoxy) is 1. The summed E-state index contributed by atoms with van der Waals surface area (Å²) in [6.45, 7) is -0.0127. The van der Waals surface area contributed by atoms with Gasteiger partial charge in [-0.25, -0.2) is 4.39 Å². The van der Waals surface area contributed by atoms with Crippen LogP contribution in [0.25, 0.3) is 0 Å². The van der Waals surface area contributed by atoms with Crippen molar-refractivity contribution in [2.45, 2.75) is 18.9 Å². The zero-order valence-electron chi connectivity index (χ0n) is 8.61. The van der Waals surface area contributed by atoms with Crippen molar-refractivity contribution in [2.24, 2.45) is 5.73 Å². The second-order valence-electron chi connectivity index (χ2n) is 3.57. The van der Waals surface area contributed by atoms with E-state index in [1.54, 1.807) is 6.07 Å². The summed E-state index contributed by atoms with van der Waals surface area (Å²) in [6.07, 6.45) is 0.767. The van der Waals surface area contributed by atoms with Gasteiger partial charge in [0.1, 0.15) is 11.6 Å². The molecule has 1 heterocycles. The van der Waals surface area contributed by atoms with E-state index in [9.17, 15) is 9.18 Å². The van der Waals surface area contributed by atoms with E-state index in [1.807, 2.05) is 0 Å². The highest BCUT2D eigenvalue weighted by molar-refractivity contribution is 5.85. The maximum absolute atomic E-state index is 12.9. The molecule has 1 aromatic rings. The molecule has 1 aliphatic rings. The topological polar surface area (TPSA) is 52.3 Å². The lowest BCUT2D eigenvalue weighted by atomic mass is 10.00. The minimum absolute atomic E-state index is 0. The van der Waals surface area contributed by atoms with Crippen LogP contribution in [0, 0.1) is 5.82 Å². The van der Waals surface area contributed by atoms with Crippen LogP contribution >= 0.6 is 12.4 Å². The maximum Gasteiger partial charge on any atom is 0.186 e. The van der Waals surface area contributed by atoms with Crippen LogP contribution in [0.4, 0.5) is 4.39 Å². The molecule has 2 N–H and O–H groups in total. The van der Waals surface area contributed by atoms with Gasteiger partial charge in [-0.15, -0.1) is 12.4 Å². The van der Waals surface area contributed by atoms with Crippen molar-refractivity contribution >= 4 is 18.2 Å². The summed E-state index contributed by atoms with van der Waals surface area (Å²) in [6, 6.07) is 4.33. The van der Waals surface area contributed by atoms with Crippen molar-refractivity contribution in [3.8, 4) is 5.75 Å². The van der Waals surface area contributed by atoms with E-state index in [4.69, 9.17) is 10.5 Å². The van der Waals surface area contributed by atoms with Gasteiger partial charge in [0.05, 0.1) is 6.54 Å². The Hall–Kier alpha value is -1.13. The number of Topliss-reactive ketones (excluding diaryl/α,β-unsaturated/α-hetero) is 1. The highest BCUT2D eigenvalue weighted by Gasteiger charge is 2.24. The third kappa shape index (κ3) is 2.51. The number of rotatable bonds is 2. The summed E-state index contributed by atoms with van der Waals surface area (Å²) in [4.78, 5) is 11.3. The number of nitrogens with two attached hydrogens (primary N) is 1. The molecule has 1 aromatic carbocycles. The number of fused-ring (bicyclic) bond motifs is 1. The van der Waals surface area contributed by atoms with Gasteiger partial charge in [-0.2, -0.15) is 0 Å². The van der Waals surface area contributed by atoms with Crippen molar-refractivity contribution in [1.82, 2.24) is 0 Å². The van der Waals surface area contributed by atoms with Crippen molar-refractivity contribution in [3.63, 3.8) is 0 Å².